The standard InChI is InChI=1S/C14H15BrN4OS/c15-12-3-1-2-4-13(12)21(20)19-9-7-18(8-10-19)14-11-16-5-6-17-14/h1-6,11H,7-10H2. The van der Waals surface area contributed by atoms with Crippen molar-refractivity contribution in [3.05, 3.63) is 47.3 Å². The lowest BCUT2D eigenvalue weighted by Crippen LogP contribution is -2.47. The summed E-state index contributed by atoms with van der Waals surface area (Å²) < 4.78 is 15.5. The van der Waals surface area contributed by atoms with Crippen LogP contribution >= 0.6 is 15.9 Å². The fourth-order valence-electron chi connectivity index (χ4n) is 2.26. The summed E-state index contributed by atoms with van der Waals surface area (Å²) in [6.07, 6.45) is 5.13. The lowest BCUT2D eigenvalue weighted by Gasteiger charge is -2.34. The van der Waals surface area contributed by atoms with Gasteiger partial charge in [-0.05, 0) is 28.1 Å². The zero-order chi connectivity index (χ0) is 14.7. The lowest BCUT2D eigenvalue weighted by atomic mass is 10.3. The fourth-order valence-corrected chi connectivity index (χ4v) is 4.17. The molecule has 2 aromatic rings. The van der Waals surface area contributed by atoms with Crippen molar-refractivity contribution in [1.29, 1.82) is 0 Å². The average Bonchev–Trinajstić information content (AvgIpc) is 2.56. The summed E-state index contributed by atoms with van der Waals surface area (Å²) in [7, 11) is -1.13. The van der Waals surface area contributed by atoms with Crippen molar-refractivity contribution in [1.82, 2.24) is 14.3 Å². The Balaban J connectivity index is 1.66. The second-order valence-electron chi connectivity index (χ2n) is 4.66. The maximum absolute atomic E-state index is 12.6. The number of halogens is 1. The highest BCUT2D eigenvalue weighted by Gasteiger charge is 2.23. The Morgan fingerprint density at radius 1 is 1.10 bits per heavy atom. The Morgan fingerprint density at radius 3 is 2.52 bits per heavy atom. The third kappa shape index (κ3) is 3.30. The highest BCUT2D eigenvalue weighted by Crippen LogP contribution is 2.23. The minimum absolute atomic E-state index is 0.741. The molecule has 1 aromatic carbocycles. The van der Waals surface area contributed by atoms with Crippen LogP contribution in [-0.2, 0) is 11.0 Å². The first-order chi connectivity index (χ1) is 10.3. The van der Waals surface area contributed by atoms with E-state index in [0.29, 0.717) is 0 Å². The molecule has 1 aliphatic rings. The molecule has 5 nitrogen and oxygen atoms in total. The summed E-state index contributed by atoms with van der Waals surface area (Å²) in [5.74, 6) is 0.879. The van der Waals surface area contributed by atoms with Crippen LogP contribution in [0.5, 0.6) is 0 Å². The largest absolute Gasteiger partial charge is 0.353 e. The molecule has 0 N–H and O–H groups in total. The average molecular weight is 367 g/mol. The van der Waals surface area contributed by atoms with E-state index < -0.39 is 11.0 Å². The zero-order valence-corrected chi connectivity index (χ0v) is 13.8. The first kappa shape index (κ1) is 14.6. The number of hydrogen-bond acceptors (Lipinski definition) is 4. The molecular formula is C14H15BrN4OS. The van der Waals surface area contributed by atoms with Crippen LogP contribution in [0.2, 0.25) is 0 Å². The van der Waals surface area contributed by atoms with Crippen molar-refractivity contribution in [2.45, 2.75) is 4.90 Å². The van der Waals surface area contributed by atoms with Crippen molar-refractivity contribution >= 4 is 32.7 Å². The van der Waals surface area contributed by atoms with Crippen LogP contribution in [-0.4, -0.2) is 44.7 Å². The van der Waals surface area contributed by atoms with Crippen LogP contribution in [0.1, 0.15) is 0 Å². The predicted molar refractivity (Wildman–Crippen MR) is 86.4 cm³/mol. The number of piperazine rings is 1. The van der Waals surface area contributed by atoms with E-state index in [2.05, 4.69) is 30.8 Å². The van der Waals surface area contributed by atoms with Crippen molar-refractivity contribution in [3.63, 3.8) is 0 Å². The third-order valence-electron chi connectivity index (χ3n) is 3.37. The van der Waals surface area contributed by atoms with Crippen molar-refractivity contribution in [3.8, 4) is 0 Å². The third-order valence-corrected chi connectivity index (χ3v) is 5.89. The zero-order valence-electron chi connectivity index (χ0n) is 11.4. The highest BCUT2D eigenvalue weighted by molar-refractivity contribution is 9.10. The molecule has 0 bridgehead atoms. The minimum atomic E-state index is -1.13. The number of hydrogen-bond donors (Lipinski definition) is 0. The molecule has 1 aliphatic heterocycles. The number of aromatic nitrogens is 2. The summed E-state index contributed by atoms with van der Waals surface area (Å²) in [6.45, 7) is 3.08. The second-order valence-corrected chi connectivity index (χ2v) is 6.97. The predicted octanol–water partition coefficient (Wildman–Crippen LogP) is 2.08. The summed E-state index contributed by atoms with van der Waals surface area (Å²) in [5.41, 5.74) is 0. The molecule has 1 unspecified atom stereocenters. The quantitative estimate of drug-likeness (QED) is 0.834. The summed E-state index contributed by atoms with van der Waals surface area (Å²) >= 11 is 3.46. The van der Waals surface area contributed by atoms with E-state index in [1.807, 2.05) is 28.6 Å². The molecule has 0 spiro atoms. The Kier molecular flexibility index (Phi) is 4.62. The Labute approximate surface area is 134 Å². The summed E-state index contributed by atoms with van der Waals surface area (Å²) in [6, 6.07) is 7.66. The van der Waals surface area contributed by atoms with E-state index in [4.69, 9.17) is 0 Å². The molecule has 1 fully saturated rings. The van der Waals surface area contributed by atoms with Crippen molar-refractivity contribution in [2.75, 3.05) is 31.1 Å². The van der Waals surface area contributed by atoms with E-state index in [-0.39, 0.29) is 0 Å². The van der Waals surface area contributed by atoms with Gasteiger partial charge in [-0.3, -0.25) is 4.98 Å². The van der Waals surface area contributed by atoms with Gasteiger partial charge < -0.3 is 4.90 Å². The van der Waals surface area contributed by atoms with Crippen LogP contribution in [0.25, 0.3) is 0 Å². The SMILES string of the molecule is O=S(c1ccccc1Br)N1CCN(c2cnccn2)CC1. The van der Waals surface area contributed by atoms with Gasteiger partial charge in [0.25, 0.3) is 0 Å². The fraction of sp³-hybridized carbons (Fsp3) is 0.286. The Bertz CT molecular complexity index is 632. The molecule has 0 radical (unpaired) electrons. The molecule has 1 saturated heterocycles. The molecule has 0 amide bonds. The molecular weight excluding hydrogens is 352 g/mol. The van der Waals surface area contributed by atoms with Gasteiger partial charge in [0.1, 0.15) is 16.8 Å². The van der Waals surface area contributed by atoms with Gasteiger partial charge in [0, 0.05) is 43.0 Å². The number of nitrogens with zero attached hydrogens (tertiary/aromatic N) is 4. The molecule has 7 heteroatoms. The van der Waals surface area contributed by atoms with Gasteiger partial charge in [-0.15, -0.1) is 0 Å². The minimum Gasteiger partial charge on any atom is -0.353 e. The molecule has 110 valence electrons. The van der Waals surface area contributed by atoms with E-state index in [1.165, 1.54) is 0 Å². The summed E-state index contributed by atoms with van der Waals surface area (Å²) in [5, 5.41) is 0. The molecule has 0 saturated carbocycles. The van der Waals surface area contributed by atoms with E-state index in [9.17, 15) is 4.21 Å². The van der Waals surface area contributed by atoms with Crippen molar-refractivity contribution < 1.29 is 4.21 Å². The maximum Gasteiger partial charge on any atom is 0.147 e. The highest BCUT2D eigenvalue weighted by atomic mass is 79.9. The number of anilines is 1. The second kappa shape index (κ2) is 6.64. The van der Waals surface area contributed by atoms with Gasteiger partial charge in [-0.2, -0.15) is 0 Å². The van der Waals surface area contributed by atoms with E-state index >= 15 is 0 Å². The molecule has 0 aliphatic carbocycles. The van der Waals surface area contributed by atoms with Gasteiger partial charge in [-0.25, -0.2) is 13.5 Å². The van der Waals surface area contributed by atoms with Gasteiger partial charge in [0.15, 0.2) is 0 Å². The van der Waals surface area contributed by atoms with E-state index in [1.54, 1.807) is 18.6 Å². The monoisotopic (exact) mass is 366 g/mol. The van der Waals surface area contributed by atoms with Crippen molar-refractivity contribution in [2.24, 2.45) is 0 Å². The summed E-state index contributed by atoms with van der Waals surface area (Å²) in [4.78, 5) is 11.4. The molecule has 1 aromatic heterocycles. The van der Waals surface area contributed by atoms with Crippen LogP contribution in [0.3, 0.4) is 0 Å². The maximum atomic E-state index is 12.6. The number of rotatable bonds is 3. The van der Waals surface area contributed by atoms with Gasteiger partial charge in [-0.1, -0.05) is 12.1 Å². The van der Waals surface area contributed by atoms with Crippen LogP contribution in [0.4, 0.5) is 5.82 Å². The first-order valence-corrected chi connectivity index (χ1v) is 8.58. The van der Waals surface area contributed by atoms with E-state index in [0.717, 1.165) is 41.4 Å². The van der Waals surface area contributed by atoms with Gasteiger partial charge >= 0.3 is 0 Å². The smallest absolute Gasteiger partial charge is 0.147 e. The Morgan fingerprint density at radius 2 is 1.86 bits per heavy atom. The molecule has 3 rings (SSSR count). The Hall–Kier alpha value is -1.31. The molecule has 2 heterocycles. The van der Waals surface area contributed by atoms with Gasteiger partial charge in [0.2, 0.25) is 0 Å². The number of benzene rings is 1. The van der Waals surface area contributed by atoms with Crippen LogP contribution in [0, 0.1) is 0 Å². The van der Waals surface area contributed by atoms with Crippen LogP contribution in [0.15, 0.2) is 52.2 Å². The molecule has 1 atom stereocenters. The molecule has 21 heavy (non-hydrogen) atoms. The van der Waals surface area contributed by atoms with Crippen LogP contribution < -0.4 is 4.90 Å². The topological polar surface area (TPSA) is 49.3 Å². The first-order valence-electron chi connectivity index (χ1n) is 6.68. The normalized spacial score (nSPS) is 17.7. The van der Waals surface area contributed by atoms with Gasteiger partial charge in [0.05, 0.1) is 11.1 Å². The lowest BCUT2D eigenvalue weighted by molar-refractivity contribution is 0.408.